The van der Waals surface area contributed by atoms with Crippen LogP contribution in [0.15, 0.2) is 30.4 Å². The Morgan fingerprint density at radius 1 is 1.21 bits per heavy atom. The largest absolute Gasteiger partial charge is 0.335 e. The third kappa shape index (κ3) is 3.84. The number of likely N-dealkylation sites (tertiary alicyclic amines) is 1. The molecule has 152 valence electrons. The average Bonchev–Trinajstić information content (AvgIpc) is 2.98. The lowest BCUT2D eigenvalue weighted by Crippen LogP contribution is -2.49. The lowest BCUT2D eigenvalue weighted by atomic mass is 9.74. The quantitative estimate of drug-likeness (QED) is 0.766. The summed E-state index contributed by atoms with van der Waals surface area (Å²) in [6, 6.07) is 7.11. The number of fused-ring (bicyclic) bond motifs is 2. The zero-order chi connectivity index (χ0) is 19.7. The Labute approximate surface area is 170 Å². The van der Waals surface area contributed by atoms with Crippen molar-refractivity contribution in [2.24, 2.45) is 0 Å². The first-order valence-electron chi connectivity index (χ1n) is 11.0. The van der Waals surface area contributed by atoms with Crippen LogP contribution in [0, 0.1) is 6.92 Å². The summed E-state index contributed by atoms with van der Waals surface area (Å²) < 4.78 is 0. The van der Waals surface area contributed by atoms with Crippen LogP contribution >= 0.6 is 0 Å². The topological polar surface area (TPSA) is 35.6 Å². The number of hydrogen-bond acceptors (Lipinski definition) is 2. The maximum absolute atomic E-state index is 13.2. The molecule has 28 heavy (non-hydrogen) atoms. The van der Waals surface area contributed by atoms with Gasteiger partial charge in [-0.25, -0.2) is 4.79 Å². The minimum atomic E-state index is 0.108. The van der Waals surface area contributed by atoms with Crippen LogP contribution in [0.2, 0.25) is 0 Å². The summed E-state index contributed by atoms with van der Waals surface area (Å²) in [5.74, 6) is 0. The van der Waals surface area contributed by atoms with Crippen molar-refractivity contribution in [1.29, 1.82) is 0 Å². The molecule has 1 saturated carbocycles. The average molecular weight is 382 g/mol. The van der Waals surface area contributed by atoms with Crippen molar-refractivity contribution in [1.82, 2.24) is 10.2 Å². The van der Waals surface area contributed by atoms with E-state index in [0.29, 0.717) is 6.04 Å². The van der Waals surface area contributed by atoms with Crippen LogP contribution < -0.4 is 10.2 Å². The van der Waals surface area contributed by atoms with E-state index in [0.717, 1.165) is 57.5 Å². The Bertz CT molecular complexity index is 742. The Morgan fingerprint density at radius 3 is 2.61 bits per heavy atom. The molecular formula is C24H35N3O. The maximum Gasteiger partial charge on any atom is 0.322 e. The van der Waals surface area contributed by atoms with Crippen molar-refractivity contribution in [2.45, 2.75) is 70.3 Å². The number of piperidine rings is 1. The summed E-state index contributed by atoms with van der Waals surface area (Å²) in [6.07, 6.45) is 8.27. The summed E-state index contributed by atoms with van der Waals surface area (Å²) in [6.45, 7) is 12.3. The Morgan fingerprint density at radius 2 is 1.93 bits per heavy atom. The van der Waals surface area contributed by atoms with Gasteiger partial charge in [0.1, 0.15) is 0 Å². The highest BCUT2D eigenvalue weighted by atomic mass is 16.2. The SMILES string of the molecule is C=C(C)CN1CCC2(CC1)CN(C(=O)NC1CCCCC1)c1ccc(C)cc12. The molecule has 3 aliphatic rings. The molecule has 1 N–H and O–H groups in total. The molecule has 1 spiro atoms. The molecular weight excluding hydrogens is 346 g/mol. The third-order valence-electron chi connectivity index (χ3n) is 6.96. The number of nitrogens with one attached hydrogen (secondary N) is 1. The minimum Gasteiger partial charge on any atom is -0.335 e. The smallest absolute Gasteiger partial charge is 0.322 e. The van der Waals surface area contributed by atoms with E-state index in [9.17, 15) is 4.79 Å². The second-order valence-corrected chi connectivity index (χ2v) is 9.40. The molecule has 2 amide bonds. The molecule has 1 aromatic rings. The molecule has 1 aliphatic carbocycles. The number of anilines is 1. The van der Waals surface area contributed by atoms with Gasteiger partial charge in [-0.05, 0) is 64.3 Å². The summed E-state index contributed by atoms with van der Waals surface area (Å²) in [5, 5.41) is 3.34. The molecule has 1 saturated heterocycles. The van der Waals surface area contributed by atoms with E-state index < -0.39 is 0 Å². The molecule has 0 radical (unpaired) electrons. The van der Waals surface area contributed by atoms with Gasteiger partial charge in [0.25, 0.3) is 0 Å². The van der Waals surface area contributed by atoms with Crippen LogP contribution in [-0.2, 0) is 5.41 Å². The molecule has 0 bridgehead atoms. The van der Waals surface area contributed by atoms with Gasteiger partial charge >= 0.3 is 6.03 Å². The zero-order valence-corrected chi connectivity index (χ0v) is 17.6. The van der Waals surface area contributed by atoms with Gasteiger partial charge in [0, 0.05) is 30.2 Å². The summed E-state index contributed by atoms with van der Waals surface area (Å²) in [7, 11) is 0. The molecule has 4 heteroatoms. The second-order valence-electron chi connectivity index (χ2n) is 9.40. The van der Waals surface area contributed by atoms with Gasteiger partial charge in [0.05, 0.1) is 0 Å². The predicted molar refractivity (Wildman–Crippen MR) is 116 cm³/mol. The lowest BCUT2D eigenvalue weighted by Gasteiger charge is -2.40. The zero-order valence-electron chi connectivity index (χ0n) is 17.6. The highest BCUT2D eigenvalue weighted by Crippen LogP contribution is 2.47. The van der Waals surface area contributed by atoms with Crippen molar-refractivity contribution < 1.29 is 4.79 Å². The normalized spacial score (nSPS) is 22.3. The summed E-state index contributed by atoms with van der Waals surface area (Å²) in [4.78, 5) is 17.7. The van der Waals surface area contributed by atoms with Gasteiger partial charge in [-0.2, -0.15) is 0 Å². The molecule has 4 nitrogen and oxygen atoms in total. The predicted octanol–water partition coefficient (Wildman–Crippen LogP) is 4.77. The molecule has 2 aliphatic heterocycles. The first-order chi connectivity index (χ1) is 13.5. The van der Waals surface area contributed by atoms with E-state index in [1.165, 1.54) is 36.0 Å². The lowest BCUT2D eigenvalue weighted by molar-refractivity contribution is 0.177. The van der Waals surface area contributed by atoms with E-state index in [1.54, 1.807) is 0 Å². The van der Waals surface area contributed by atoms with Crippen molar-refractivity contribution in [3.8, 4) is 0 Å². The number of aryl methyl sites for hydroxylation is 1. The molecule has 4 rings (SSSR count). The van der Waals surface area contributed by atoms with Crippen LogP contribution in [0.25, 0.3) is 0 Å². The number of carbonyl (C=O) groups excluding carboxylic acids is 1. The number of nitrogens with zero attached hydrogens (tertiary/aromatic N) is 2. The van der Waals surface area contributed by atoms with Crippen molar-refractivity contribution in [3.05, 3.63) is 41.5 Å². The molecule has 0 atom stereocenters. The molecule has 0 unspecified atom stereocenters. The van der Waals surface area contributed by atoms with Crippen LogP contribution in [0.1, 0.15) is 63.0 Å². The van der Waals surface area contributed by atoms with Gasteiger partial charge in [0.15, 0.2) is 0 Å². The van der Waals surface area contributed by atoms with E-state index in [4.69, 9.17) is 0 Å². The second kappa shape index (κ2) is 7.90. The van der Waals surface area contributed by atoms with E-state index in [-0.39, 0.29) is 11.4 Å². The highest BCUT2D eigenvalue weighted by molar-refractivity contribution is 5.95. The summed E-state index contributed by atoms with van der Waals surface area (Å²) in [5.41, 5.74) is 5.15. The fraction of sp³-hybridized carbons (Fsp3) is 0.625. The molecule has 1 aromatic carbocycles. The Hall–Kier alpha value is -1.81. The van der Waals surface area contributed by atoms with Gasteiger partial charge in [-0.3, -0.25) is 9.80 Å². The first kappa shape index (κ1) is 19.5. The number of benzene rings is 1. The first-order valence-corrected chi connectivity index (χ1v) is 11.0. The highest BCUT2D eigenvalue weighted by Gasteiger charge is 2.46. The molecule has 2 fully saturated rings. The number of amides is 2. The Kier molecular flexibility index (Phi) is 5.50. The van der Waals surface area contributed by atoms with E-state index in [2.05, 4.69) is 48.8 Å². The monoisotopic (exact) mass is 381 g/mol. The Balaban J connectivity index is 1.53. The fourth-order valence-corrected chi connectivity index (χ4v) is 5.41. The van der Waals surface area contributed by atoms with Gasteiger partial charge < -0.3 is 5.32 Å². The molecule has 0 aromatic heterocycles. The van der Waals surface area contributed by atoms with Gasteiger partial charge in [0.2, 0.25) is 0 Å². The van der Waals surface area contributed by atoms with Crippen molar-refractivity contribution in [2.75, 3.05) is 31.1 Å². The van der Waals surface area contributed by atoms with Crippen LogP contribution in [0.3, 0.4) is 0 Å². The molecule has 2 heterocycles. The fourth-order valence-electron chi connectivity index (χ4n) is 5.41. The van der Waals surface area contributed by atoms with Gasteiger partial charge in [-0.1, -0.05) is 49.1 Å². The van der Waals surface area contributed by atoms with Gasteiger partial charge in [-0.15, -0.1) is 0 Å². The number of hydrogen-bond donors (Lipinski definition) is 1. The van der Waals surface area contributed by atoms with Crippen LogP contribution in [-0.4, -0.2) is 43.2 Å². The summed E-state index contributed by atoms with van der Waals surface area (Å²) >= 11 is 0. The number of urea groups is 1. The van der Waals surface area contributed by atoms with Crippen molar-refractivity contribution >= 4 is 11.7 Å². The van der Waals surface area contributed by atoms with Crippen molar-refractivity contribution in [3.63, 3.8) is 0 Å². The third-order valence-corrected chi connectivity index (χ3v) is 6.96. The van der Waals surface area contributed by atoms with Crippen LogP contribution in [0.5, 0.6) is 0 Å². The number of carbonyl (C=O) groups is 1. The maximum atomic E-state index is 13.2. The van der Waals surface area contributed by atoms with Crippen LogP contribution in [0.4, 0.5) is 10.5 Å². The standard InChI is InChI=1S/C24H35N3O/c1-18(2)16-26-13-11-24(12-14-26)17-27(22-10-9-19(3)15-21(22)24)23(28)25-20-7-5-4-6-8-20/h9-10,15,20H,1,4-8,11-14,16-17H2,2-3H3,(H,25,28). The minimum absolute atomic E-state index is 0.108. The van der Waals surface area contributed by atoms with E-state index in [1.807, 2.05) is 4.90 Å². The van der Waals surface area contributed by atoms with E-state index >= 15 is 0 Å². The number of rotatable bonds is 3.